The van der Waals surface area contributed by atoms with Crippen LogP contribution in [-0.2, 0) is 59.6 Å². The number of rotatable bonds is 18. The van der Waals surface area contributed by atoms with Crippen LogP contribution in [0.4, 0.5) is 0 Å². The number of nitrogens with one attached hydrogen (secondary N) is 1. The van der Waals surface area contributed by atoms with Gasteiger partial charge in [-0.1, -0.05) is 83.1 Å². The Morgan fingerprint density at radius 3 is 1.15 bits per heavy atom. The summed E-state index contributed by atoms with van der Waals surface area (Å²) < 4.78 is 5.21. The molecule has 3 aromatic heterocycles. The van der Waals surface area contributed by atoms with Crippen LogP contribution in [0.15, 0.2) is 36.8 Å². The number of hydrogen-bond acceptors (Lipinski definition) is 9. The third-order valence-electron chi connectivity index (χ3n) is 7.85. The van der Waals surface area contributed by atoms with Crippen LogP contribution in [0.1, 0.15) is 133 Å². The molecule has 3 rings (SSSR count). The largest absolute Gasteiger partial charge is 2.00 e. The fraction of sp³-hybridized carbons (Fsp3) is 0.653. The van der Waals surface area contributed by atoms with E-state index in [-0.39, 0.29) is 76.5 Å². The number of nitrogens with two attached hydrogens (primary N) is 1. The first-order valence-electron chi connectivity index (χ1n) is 22.0. The van der Waals surface area contributed by atoms with Crippen molar-refractivity contribution in [3.05, 3.63) is 60.3 Å². The maximum atomic E-state index is 11.3. The van der Waals surface area contributed by atoms with Crippen molar-refractivity contribution in [1.29, 1.82) is 0 Å². The molecular weight excluding hydrogens is 917 g/mol. The zero-order valence-corrected chi connectivity index (χ0v) is 46.1. The third-order valence-corrected chi connectivity index (χ3v) is 7.85. The van der Waals surface area contributed by atoms with E-state index >= 15 is 0 Å². The second-order valence-electron chi connectivity index (χ2n) is 18.2. The first-order valence-corrected chi connectivity index (χ1v) is 22.0. The van der Waals surface area contributed by atoms with Crippen molar-refractivity contribution in [2.45, 2.75) is 153 Å². The molecule has 0 saturated carbocycles. The van der Waals surface area contributed by atoms with E-state index in [0.29, 0.717) is 30.4 Å². The quantitative estimate of drug-likeness (QED) is 0.0522. The maximum absolute atomic E-state index is 11.3. The number of carboxylic acid groups (broad SMARTS) is 3. The molecule has 0 aliphatic rings. The summed E-state index contributed by atoms with van der Waals surface area (Å²) in [5.74, 6) is 2.41. The van der Waals surface area contributed by atoms with E-state index in [2.05, 4.69) is 80.6 Å². The predicted molar refractivity (Wildman–Crippen MR) is 263 cm³/mol. The molecule has 0 fully saturated rings. The van der Waals surface area contributed by atoms with Crippen molar-refractivity contribution in [3.63, 3.8) is 0 Å². The number of carbonyl (C=O) groups is 4. The Hall–Kier alpha value is -4.00. The van der Waals surface area contributed by atoms with Crippen LogP contribution >= 0.6 is 0 Å². The van der Waals surface area contributed by atoms with Gasteiger partial charge in [-0.15, -0.1) is 6.42 Å². The number of carboxylic acids is 3. The van der Waals surface area contributed by atoms with E-state index in [9.17, 15) is 24.3 Å². The number of nitrogens with zero attached hydrogens (tertiary/aromatic N) is 6. The van der Waals surface area contributed by atoms with Crippen molar-refractivity contribution >= 4 is 46.7 Å². The molecule has 372 valence electrons. The zero-order valence-electron chi connectivity index (χ0n) is 43.1. The Morgan fingerprint density at radius 2 is 0.955 bits per heavy atom. The topological polar surface area (TPSA) is 220 Å². The monoisotopic (exact) mass is 1000 g/mol. The predicted octanol–water partition coefficient (Wildman–Crippen LogP) is 4.30. The molecule has 66 heavy (non-hydrogen) atoms. The number of Topliss-reactive ketones (excluding diaryl/α,β-unsaturated/α-hetero) is 1. The molecule has 15 nitrogen and oxygen atoms in total. The van der Waals surface area contributed by atoms with Crippen molar-refractivity contribution in [3.8, 4) is 18.8 Å². The van der Waals surface area contributed by atoms with Crippen molar-refractivity contribution in [2.75, 3.05) is 0 Å². The van der Waals surface area contributed by atoms with Crippen molar-refractivity contribution < 1.29 is 51.5 Å². The first-order chi connectivity index (χ1) is 29.6. The zero-order chi connectivity index (χ0) is 50.7. The summed E-state index contributed by atoms with van der Waals surface area (Å²) in [7, 11) is 5.60. The summed E-state index contributed by atoms with van der Waals surface area (Å²) in [5, 5.41) is 41.7. The smallest absolute Gasteiger partial charge is 1.00 e. The van der Waals surface area contributed by atoms with Gasteiger partial charge >= 0.3 is 41.0 Å². The SMILES string of the molecule is C#CC(=O)CC(C)C.CC(C)CC(=O)O.CC(C)CC(C)C.CC(C)C[C@H](N[C@@H](Cc1ccn(C)n1)C(=O)O)C(=O)O.CC(C)Cc1ccn(C)n1.C[C@@H](N)Cc1ccn(C)n1.[Br-].[C-]#C.[Mg+2]. The van der Waals surface area contributed by atoms with Gasteiger partial charge in [-0.2, -0.15) is 15.3 Å². The van der Waals surface area contributed by atoms with Gasteiger partial charge in [0.2, 0.25) is 5.78 Å². The van der Waals surface area contributed by atoms with Crippen LogP contribution in [0.3, 0.4) is 0 Å². The Balaban J connectivity index is -0.000000170. The molecule has 0 saturated heterocycles. The molecule has 0 spiro atoms. The van der Waals surface area contributed by atoms with Crippen LogP contribution in [0.5, 0.6) is 0 Å². The minimum atomic E-state index is -1.08. The van der Waals surface area contributed by atoms with Crippen LogP contribution < -0.4 is 28.0 Å². The molecule has 0 aliphatic heterocycles. The number of hydrogen-bond donors (Lipinski definition) is 5. The molecule has 0 aromatic carbocycles. The molecule has 17 heteroatoms. The van der Waals surface area contributed by atoms with Crippen LogP contribution in [0, 0.1) is 60.7 Å². The molecular formula is C49H85BrMgN8O7. The molecule has 0 aliphatic carbocycles. The maximum Gasteiger partial charge on any atom is 2.00 e. The molecule has 3 atom stereocenters. The van der Waals surface area contributed by atoms with E-state index < -0.39 is 30.0 Å². The first kappa shape index (κ1) is 73.6. The fourth-order valence-corrected chi connectivity index (χ4v) is 5.57. The van der Waals surface area contributed by atoms with Gasteiger partial charge in [0.05, 0.1) is 17.1 Å². The van der Waals surface area contributed by atoms with Crippen molar-refractivity contribution in [2.24, 2.45) is 62.4 Å². The number of terminal acetylenes is 2. The van der Waals surface area contributed by atoms with E-state index in [1.807, 2.05) is 85.7 Å². The number of carbonyl (C=O) groups excluding carboxylic acids is 1. The van der Waals surface area contributed by atoms with Gasteiger partial charge in [-0.25, -0.2) is 0 Å². The van der Waals surface area contributed by atoms with E-state index in [4.69, 9.17) is 28.8 Å². The Kier molecular flexibility index (Phi) is 48.6. The van der Waals surface area contributed by atoms with Crippen LogP contribution in [-0.4, -0.2) is 110 Å². The van der Waals surface area contributed by atoms with Gasteiger partial charge < -0.3 is 50.9 Å². The number of halogens is 1. The normalized spacial score (nSPS) is 11.3. The second-order valence-corrected chi connectivity index (χ2v) is 18.2. The van der Waals surface area contributed by atoms with Crippen LogP contribution in [0.25, 0.3) is 0 Å². The average molecular weight is 1000 g/mol. The Labute approximate surface area is 425 Å². The summed E-state index contributed by atoms with van der Waals surface area (Å²) >= 11 is 0. The van der Waals surface area contributed by atoms with Gasteiger partial charge in [0.1, 0.15) is 12.1 Å². The fourth-order valence-electron chi connectivity index (χ4n) is 5.57. The Bertz CT molecular complexity index is 1690. The van der Waals surface area contributed by atoms with Gasteiger partial charge in [0.15, 0.2) is 0 Å². The van der Waals surface area contributed by atoms with Gasteiger partial charge in [0, 0.05) is 71.5 Å². The van der Waals surface area contributed by atoms with Gasteiger partial charge in [-0.05, 0) is 85.8 Å². The summed E-state index contributed by atoms with van der Waals surface area (Å²) in [6.45, 7) is 26.9. The molecule has 0 amide bonds. The minimum absolute atomic E-state index is 0. The van der Waals surface area contributed by atoms with E-state index in [1.165, 1.54) is 12.1 Å². The summed E-state index contributed by atoms with van der Waals surface area (Å²) in [5.41, 5.74) is 8.46. The van der Waals surface area contributed by atoms with Crippen LogP contribution in [0.2, 0.25) is 0 Å². The molecule has 0 radical (unpaired) electrons. The number of ketones is 1. The standard InChI is InChI=1S/C13H21N3O4.C8H14N2.C7H13N3.C7H10O.C7H16.C5H10O2.C2H.BrH.Mg/c1-8(2)6-10(12(17)18)14-11(13(19)20)7-9-4-5-16(3)15-9;1-7(2)6-8-4-5-10(3)9-8;1-6(8)5-7-3-4-10(2)9-7;1-4-7(8)5-6(2)3;1-6(2)5-7(3)4;1-4(2)3-5(6)7;1-2;;/h4-5,8,10-11,14H,6-7H2,1-3H3,(H,17,18)(H,19,20);4-5,7H,6H2,1-3H3;3-4,6H,5,8H2,1-2H3;1,6H,5H2,2-3H3;6-7H,5H2,1-4H3;4H,3H2,1-2H3,(H,6,7);1H;1H;/q;;;;;;-1;;+2/p-1/t10-,11-;;6-;;;;;;/m0.1....../s1. The molecule has 3 aromatic rings. The second kappa shape index (κ2) is 43.6. The number of aryl methyl sites for hydroxylation is 3. The summed E-state index contributed by atoms with van der Waals surface area (Å²) in [6, 6.07) is 4.14. The third kappa shape index (κ3) is 49.4. The molecule has 3 heterocycles. The average Bonchev–Trinajstić information content (AvgIpc) is 3.87. The molecule has 0 bridgehead atoms. The molecule has 6 N–H and O–H groups in total. The summed E-state index contributed by atoms with van der Waals surface area (Å²) in [6.07, 6.45) is 24.1. The van der Waals surface area contributed by atoms with Gasteiger partial charge in [-0.3, -0.25) is 38.5 Å². The van der Waals surface area contributed by atoms with E-state index in [1.54, 1.807) is 28.7 Å². The number of aliphatic carboxylic acids is 3. The summed E-state index contributed by atoms with van der Waals surface area (Å²) in [4.78, 5) is 42.6. The molecule has 0 unspecified atom stereocenters. The van der Waals surface area contributed by atoms with Crippen molar-refractivity contribution in [1.82, 2.24) is 34.7 Å². The number of aromatic nitrogens is 6. The van der Waals surface area contributed by atoms with Gasteiger partial charge in [0.25, 0.3) is 0 Å². The Morgan fingerprint density at radius 1 is 0.606 bits per heavy atom. The minimum Gasteiger partial charge on any atom is -1.00 e. The van der Waals surface area contributed by atoms with E-state index in [0.717, 1.165) is 30.4 Å².